The maximum absolute atomic E-state index is 12.8. The number of amides is 1. The molecular weight excluding hydrogens is 322 g/mol. The van der Waals surface area contributed by atoms with Crippen molar-refractivity contribution in [3.63, 3.8) is 0 Å². The molecule has 3 aliphatic rings. The van der Waals surface area contributed by atoms with E-state index in [-0.39, 0.29) is 12.5 Å². The van der Waals surface area contributed by atoms with Crippen LogP contribution in [-0.2, 0) is 6.42 Å². The Hall–Kier alpha value is -2.48. The highest BCUT2D eigenvalue weighted by Crippen LogP contribution is 2.57. The summed E-state index contributed by atoms with van der Waals surface area (Å²) in [6.07, 6.45) is 8.66. The first-order valence-electron chi connectivity index (χ1n) is 8.70. The second-order valence-electron chi connectivity index (χ2n) is 7.45. The lowest BCUT2D eigenvalue weighted by Gasteiger charge is -2.40. The van der Waals surface area contributed by atoms with Crippen molar-refractivity contribution >= 4 is 5.91 Å². The van der Waals surface area contributed by atoms with E-state index in [9.17, 15) is 15.1 Å². The Morgan fingerprint density at radius 3 is 3.04 bits per heavy atom. The zero-order valence-electron chi connectivity index (χ0n) is 13.7. The van der Waals surface area contributed by atoms with Gasteiger partial charge in [-0.1, -0.05) is 0 Å². The second kappa shape index (κ2) is 5.01. The molecule has 2 atom stereocenters. The lowest BCUT2D eigenvalue weighted by molar-refractivity contribution is -0.605. The van der Waals surface area contributed by atoms with Crippen LogP contribution in [0.2, 0.25) is 0 Å². The Labute approximate surface area is 144 Å². The van der Waals surface area contributed by atoms with Crippen molar-refractivity contribution in [2.75, 3.05) is 6.61 Å². The molecule has 2 fully saturated rings. The van der Waals surface area contributed by atoms with Gasteiger partial charge in [0.15, 0.2) is 11.9 Å². The quantitative estimate of drug-likeness (QED) is 0.610. The van der Waals surface area contributed by atoms with Gasteiger partial charge in [-0.25, -0.2) is 9.67 Å². The summed E-state index contributed by atoms with van der Waals surface area (Å²) < 4.78 is 2.34. The molecule has 0 radical (unpaired) electrons. The van der Waals surface area contributed by atoms with Crippen LogP contribution < -0.4 is 10.0 Å². The summed E-state index contributed by atoms with van der Waals surface area (Å²) in [5, 5.41) is 28.7. The number of hydrogen-bond donors (Lipinski definition) is 2. The normalized spacial score (nSPS) is 25.0. The van der Waals surface area contributed by atoms with Crippen LogP contribution in [0.25, 0.3) is 5.82 Å². The van der Waals surface area contributed by atoms with Gasteiger partial charge in [-0.05, 0) is 38.0 Å². The molecule has 0 saturated heterocycles. The van der Waals surface area contributed by atoms with Gasteiger partial charge in [-0.3, -0.25) is 4.79 Å². The summed E-state index contributed by atoms with van der Waals surface area (Å²) in [7, 11) is 0. The van der Waals surface area contributed by atoms with E-state index in [1.807, 2.05) is 0 Å². The topological polar surface area (TPSA) is 107 Å². The minimum Gasteiger partial charge on any atom is -0.619 e. The minimum absolute atomic E-state index is 0.0523. The van der Waals surface area contributed by atoms with Gasteiger partial charge in [-0.2, -0.15) is 9.83 Å². The van der Waals surface area contributed by atoms with Crippen LogP contribution in [0, 0.1) is 11.1 Å². The molecule has 0 spiro atoms. The third-order valence-corrected chi connectivity index (χ3v) is 5.85. The average Bonchev–Trinajstić information content (AvgIpc) is 3.07. The number of fused-ring (bicyclic) bond motifs is 3. The van der Waals surface area contributed by atoms with Crippen molar-refractivity contribution < 1.29 is 14.6 Å². The number of nitrogens with zero attached hydrogens (tertiary/aromatic N) is 4. The first-order chi connectivity index (χ1) is 12.1. The number of aliphatic hydroxyl groups excluding tert-OH is 1. The number of carbonyl (C=O) groups excluding carboxylic acids is 1. The van der Waals surface area contributed by atoms with Gasteiger partial charge in [0.05, 0.1) is 24.0 Å². The van der Waals surface area contributed by atoms with Gasteiger partial charge in [0, 0.05) is 11.5 Å². The summed E-state index contributed by atoms with van der Waals surface area (Å²) in [6.45, 7) is -0.0523. The van der Waals surface area contributed by atoms with Crippen LogP contribution in [0.5, 0.6) is 0 Å². The molecule has 2 aromatic heterocycles. The Balaban J connectivity index is 1.54. The highest BCUT2D eigenvalue weighted by Gasteiger charge is 2.51. The number of carbonyl (C=O) groups is 1. The highest BCUT2D eigenvalue weighted by molar-refractivity contribution is 5.95. The highest BCUT2D eigenvalue weighted by atomic mass is 16.5. The average molecular weight is 341 g/mol. The van der Waals surface area contributed by atoms with Gasteiger partial charge in [0.25, 0.3) is 5.91 Å². The molecule has 0 aliphatic heterocycles. The van der Waals surface area contributed by atoms with E-state index in [2.05, 4.69) is 15.4 Å². The standard InChI is InChI=1S/C17H19N5O3/c23-9-17(2-1-3-17)19-16(24)14-12-7-10-6-11(10)15(12)22(20-14)13-8-21(25)5-4-18-13/h4-5,8,10-11,23H,1-3,6-7,9H2,(H,19,24). The van der Waals surface area contributed by atoms with Crippen LogP contribution in [-0.4, -0.2) is 37.9 Å². The third-order valence-electron chi connectivity index (χ3n) is 5.85. The van der Waals surface area contributed by atoms with Gasteiger partial charge >= 0.3 is 0 Å². The zero-order valence-corrected chi connectivity index (χ0v) is 13.7. The van der Waals surface area contributed by atoms with E-state index in [0.29, 0.717) is 28.1 Å². The van der Waals surface area contributed by atoms with Crippen molar-refractivity contribution in [2.45, 2.75) is 43.6 Å². The smallest absolute Gasteiger partial charge is 0.272 e. The van der Waals surface area contributed by atoms with Gasteiger partial charge in [0.1, 0.15) is 0 Å². The fraction of sp³-hybridized carbons (Fsp3) is 0.529. The summed E-state index contributed by atoms with van der Waals surface area (Å²) >= 11 is 0. The number of nitrogens with one attached hydrogen (secondary N) is 1. The van der Waals surface area contributed by atoms with E-state index in [0.717, 1.165) is 43.4 Å². The lowest BCUT2D eigenvalue weighted by atomic mass is 9.77. The zero-order chi connectivity index (χ0) is 17.2. The summed E-state index contributed by atoms with van der Waals surface area (Å²) in [4.78, 5) is 17.1. The molecule has 8 nitrogen and oxygen atoms in total. The number of aromatic nitrogens is 4. The van der Waals surface area contributed by atoms with Crippen molar-refractivity contribution in [2.24, 2.45) is 5.92 Å². The summed E-state index contributed by atoms with van der Waals surface area (Å²) in [6, 6.07) is 0. The minimum atomic E-state index is -0.502. The van der Waals surface area contributed by atoms with Crippen LogP contribution in [0.4, 0.5) is 0 Å². The molecule has 2 heterocycles. The van der Waals surface area contributed by atoms with Crippen molar-refractivity contribution in [1.29, 1.82) is 0 Å². The first-order valence-corrected chi connectivity index (χ1v) is 8.70. The monoisotopic (exact) mass is 341 g/mol. The summed E-state index contributed by atoms with van der Waals surface area (Å²) in [5.41, 5.74) is 1.89. The maximum Gasteiger partial charge on any atom is 0.272 e. The molecule has 2 aromatic rings. The van der Waals surface area contributed by atoms with Crippen molar-refractivity contribution in [3.05, 3.63) is 40.7 Å². The number of aliphatic hydroxyl groups is 1. The third kappa shape index (κ3) is 2.17. The molecule has 3 aliphatic carbocycles. The van der Waals surface area contributed by atoms with Crippen molar-refractivity contribution in [1.82, 2.24) is 20.1 Å². The lowest BCUT2D eigenvalue weighted by Crippen LogP contribution is -2.56. The van der Waals surface area contributed by atoms with E-state index >= 15 is 0 Å². The predicted octanol–water partition coefficient (Wildman–Crippen LogP) is 0.205. The Kier molecular flexibility index (Phi) is 2.97. The second-order valence-corrected chi connectivity index (χ2v) is 7.45. The number of hydrogen-bond acceptors (Lipinski definition) is 5. The molecule has 2 unspecified atom stereocenters. The SMILES string of the molecule is O=C(NC1(CO)CCC1)c1nn(-c2c[n+]([O-])ccn2)c2c1CC1CC21. The Bertz CT molecular complexity index is 868. The molecule has 2 N–H and O–H groups in total. The van der Waals surface area contributed by atoms with E-state index in [4.69, 9.17) is 0 Å². The molecule has 5 rings (SSSR count). The van der Waals surface area contributed by atoms with Crippen LogP contribution in [0.1, 0.15) is 53.3 Å². The molecule has 0 aromatic carbocycles. The molecule has 8 heteroatoms. The van der Waals surface area contributed by atoms with E-state index < -0.39 is 5.54 Å². The van der Waals surface area contributed by atoms with Crippen LogP contribution in [0.3, 0.4) is 0 Å². The van der Waals surface area contributed by atoms with Crippen LogP contribution >= 0.6 is 0 Å². The van der Waals surface area contributed by atoms with Gasteiger partial charge in [0.2, 0.25) is 12.0 Å². The van der Waals surface area contributed by atoms with E-state index in [1.54, 1.807) is 4.68 Å². The molecular formula is C17H19N5O3. The summed E-state index contributed by atoms with van der Waals surface area (Å²) in [5.74, 6) is 1.17. The van der Waals surface area contributed by atoms with Crippen LogP contribution in [0.15, 0.2) is 18.6 Å². The fourth-order valence-electron chi connectivity index (χ4n) is 4.17. The fourth-order valence-corrected chi connectivity index (χ4v) is 4.17. The number of rotatable bonds is 4. The molecule has 0 bridgehead atoms. The predicted molar refractivity (Wildman–Crippen MR) is 86.0 cm³/mol. The first kappa shape index (κ1) is 14.8. The Morgan fingerprint density at radius 2 is 2.36 bits per heavy atom. The van der Waals surface area contributed by atoms with Gasteiger partial charge in [-0.15, -0.1) is 0 Å². The van der Waals surface area contributed by atoms with E-state index in [1.165, 1.54) is 18.6 Å². The Morgan fingerprint density at radius 1 is 1.52 bits per heavy atom. The van der Waals surface area contributed by atoms with Gasteiger partial charge < -0.3 is 15.6 Å². The maximum atomic E-state index is 12.8. The largest absolute Gasteiger partial charge is 0.619 e. The molecule has 2 saturated carbocycles. The van der Waals surface area contributed by atoms with Crippen molar-refractivity contribution in [3.8, 4) is 5.82 Å². The molecule has 25 heavy (non-hydrogen) atoms. The molecule has 130 valence electrons. The molecule has 1 amide bonds.